The predicted octanol–water partition coefficient (Wildman–Crippen LogP) is -0.343. The molecule has 6 heteroatoms. The zero-order valence-corrected chi connectivity index (χ0v) is 8.36. The van der Waals surface area contributed by atoms with Gasteiger partial charge in [-0.1, -0.05) is 0 Å². The normalized spacial score (nSPS) is 37.2. The largest absolute Gasteiger partial charge is 0.386 e. The molecule has 16 heavy (non-hydrogen) atoms. The number of nitrogens with zero attached hydrogens (tertiary/aromatic N) is 3. The number of rotatable bonds is 0. The van der Waals surface area contributed by atoms with Crippen molar-refractivity contribution >= 4 is 17.5 Å². The molecule has 1 aliphatic heterocycles. The average Bonchev–Trinajstić information content (AvgIpc) is 2.48. The molecule has 2 rings (SSSR count). The number of carbonyl (C=O) groups excluding carboxylic acids is 2. The van der Waals surface area contributed by atoms with Gasteiger partial charge in [-0.2, -0.15) is 15.5 Å². The molecule has 0 radical (unpaired) electrons. The number of hydrogen-bond acceptors (Lipinski definition) is 5. The van der Waals surface area contributed by atoms with E-state index in [9.17, 15) is 14.9 Å². The molecule has 0 spiro atoms. The Balaban J connectivity index is 2.67. The lowest BCUT2D eigenvalue weighted by Gasteiger charge is -2.36. The minimum Gasteiger partial charge on any atom is -0.386 e. The molecule has 0 aromatic carbocycles. The third-order valence-electron chi connectivity index (χ3n) is 3.38. The molecule has 1 fully saturated rings. The molecule has 80 valence electrons. The molecule has 0 saturated heterocycles. The number of hydrogen-bond donors (Lipinski definition) is 1. The molecule has 1 amide bonds. The number of nitrogens with two attached hydrogens (primary N) is 1. The van der Waals surface area contributed by atoms with Gasteiger partial charge in [0, 0.05) is 12.8 Å². The van der Waals surface area contributed by atoms with Crippen LogP contribution in [0.25, 0.3) is 0 Å². The fourth-order valence-electron chi connectivity index (χ4n) is 2.37. The van der Waals surface area contributed by atoms with Crippen LogP contribution < -0.4 is 5.73 Å². The first-order chi connectivity index (χ1) is 7.52. The summed E-state index contributed by atoms with van der Waals surface area (Å²) in [5, 5.41) is 18.3. The van der Waals surface area contributed by atoms with Crippen molar-refractivity contribution in [3.8, 4) is 12.1 Å². The van der Waals surface area contributed by atoms with Gasteiger partial charge in [-0.15, -0.1) is 0 Å². The van der Waals surface area contributed by atoms with Crippen LogP contribution in [-0.2, 0) is 9.59 Å². The number of amidine groups is 1. The van der Waals surface area contributed by atoms with Crippen LogP contribution in [0.15, 0.2) is 4.99 Å². The van der Waals surface area contributed by atoms with Crippen molar-refractivity contribution in [2.45, 2.75) is 19.3 Å². The number of nitriles is 2. The molecule has 1 saturated carbocycles. The van der Waals surface area contributed by atoms with E-state index in [1.807, 2.05) is 6.07 Å². The van der Waals surface area contributed by atoms with E-state index < -0.39 is 16.7 Å². The van der Waals surface area contributed by atoms with Crippen LogP contribution in [0, 0.1) is 33.5 Å². The van der Waals surface area contributed by atoms with Gasteiger partial charge in [0.05, 0.1) is 12.1 Å². The van der Waals surface area contributed by atoms with Gasteiger partial charge in [0.2, 0.25) is 0 Å². The van der Waals surface area contributed by atoms with Crippen LogP contribution in [0.5, 0.6) is 0 Å². The zero-order valence-electron chi connectivity index (χ0n) is 8.36. The first-order valence-electron chi connectivity index (χ1n) is 4.76. The molecule has 2 atom stereocenters. The first kappa shape index (κ1) is 10.3. The van der Waals surface area contributed by atoms with Gasteiger partial charge in [-0.3, -0.25) is 9.59 Å². The van der Waals surface area contributed by atoms with E-state index in [0.717, 1.165) is 0 Å². The zero-order chi connectivity index (χ0) is 12.0. The second-order valence-electron chi connectivity index (χ2n) is 4.05. The quantitative estimate of drug-likeness (QED) is 0.593. The van der Waals surface area contributed by atoms with Gasteiger partial charge in [0.15, 0.2) is 5.41 Å². The fraction of sp³-hybridized carbons (Fsp3) is 0.500. The van der Waals surface area contributed by atoms with Crippen LogP contribution >= 0.6 is 0 Å². The Morgan fingerprint density at radius 1 is 1.25 bits per heavy atom. The molecule has 1 aliphatic carbocycles. The third kappa shape index (κ3) is 0.867. The van der Waals surface area contributed by atoms with Crippen molar-refractivity contribution in [1.82, 2.24) is 0 Å². The Labute approximate surface area is 91.4 Å². The second kappa shape index (κ2) is 2.89. The number of fused-ring (bicyclic) bond motifs is 1. The maximum absolute atomic E-state index is 11.7. The van der Waals surface area contributed by atoms with Gasteiger partial charge in [0.25, 0.3) is 5.91 Å². The number of aliphatic imine (C=N–C) groups is 1. The van der Waals surface area contributed by atoms with Crippen molar-refractivity contribution in [2.75, 3.05) is 0 Å². The van der Waals surface area contributed by atoms with E-state index in [0.29, 0.717) is 0 Å². The first-order valence-corrected chi connectivity index (χ1v) is 4.76. The van der Waals surface area contributed by atoms with Gasteiger partial charge < -0.3 is 5.73 Å². The molecule has 2 N–H and O–H groups in total. The number of ketones is 1. The summed E-state index contributed by atoms with van der Waals surface area (Å²) in [5.74, 6) is -1.10. The van der Waals surface area contributed by atoms with Crippen molar-refractivity contribution in [3.63, 3.8) is 0 Å². The summed E-state index contributed by atoms with van der Waals surface area (Å²) in [7, 11) is 0. The topological polar surface area (TPSA) is 120 Å². The second-order valence-corrected chi connectivity index (χ2v) is 4.05. The molecule has 0 bridgehead atoms. The van der Waals surface area contributed by atoms with Crippen molar-refractivity contribution in [3.05, 3.63) is 0 Å². The Morgan fingerprint density at radius 3 is 2.44 bits per heavy atom. The molecular formula is C10H8N4O2. The summed E-state index contributed by atoms with van der Waals surface area (Å²) in [6.45, 7) is 0. The summed E-state index contributed by atoms with van der Waals surface area (Å²) in [6, 6.07) is 3.71. The van der Waals surface area contributed by atoms with Gasteiger partial charge in [-0.05, 0) is 6.42 Å². The SMILES string of the molecule is N#CC12CC(=O)CCC1(C#N)C(N)=NC2=O. The van der Waals surface area contributed by atoms with E-state index in [4.69, 9.17) is 11.0 Å². The lowest BCUT2D eigenvalue weighted by Crippen LogP contribution is -2.51. The molecular weight excluding hydrogens is 208 g/mol. The monoisotopic (exact) mass is 216 g/mol. The maximum atomic E-state index is 11.7. The Morgan fingerprint density at radius 2 is 1.88 bits per heavy atom. The summed E-state index contributed by atoms with van der Waals surface area (Å²) in [5.41, 5.74) is 2.47. The highest BCUT2D eigenvalue weighted by molar-refractivity contribution is 6.13. The summed E-state index contributed by atoms with van der Waals surface area (Å²) in [6.07, 6.45) is -0.0163. The summed E-state index contributed by atoms with van der Waals surface area (Å²) in [4.78, 5) is 26.6. The Kier molecular flexibility index (Phi) is 1.86. The molecule has 1 heterocycles. The highest BCUT2D eigenvalue weighted by Gasteiger charge is 2.67. The minimum atomic E-state index is -1.69. The maximum Gasteiger partial charge on any atom is 0.270 e. The van der Waals surface area contributed by atoms with E-state index in [1.54, 1.807) is 6.07 Å². The molecule has 0 aromatic rings. The van der Waals surface area contributed by atoms with E-state index in [1.165, 1.54) is 0 Å². The van der Waals surface area contributed by atoms with E-state index >= 15 is 0 Å². The van der Waals surface area contributed by atoms with Crippen LogP contribution in [-0.4, -0.2) is 17.5 Å². The van der Waals surface area contributed by atoms with Gasteiger partial charge >= 0.3 is 0 Å². The van der Waals surface area contributed by atoms with Crippen LogP contribution in [0.2, 0.25) is 0 Å². The van der Waals surface area contributed by atoms with Crippen LogP contribution in [0.3, 0.4) is 0 Å². The standard InChI is InChI=1S/C10H8N4O2/c11-4-9-2-1-6(15)3-10(9,5-12)8(16)14-7(9)13/h1-3H2,(H2,13,14,16). The van der Waals surface area contributed by atoms with Crippen LogP contribution in [0.1, 0.15) is 19.3 Å². The third-order valence-corrected chi connectivity index (χ3v) is 3.38. The van der Waals surface area contributed by atoms with E-state index in [2.05, 4.69) is 4.99 Å². The summed E-state index contributed by atoms with van der Waals surface area (Å²) >= 11 is 0. The molecule has 0 aromatic heterocycles. The van der Waals surface area contributed by atoms with Crippen molar-refractivity contribution < 1.29 is 9.59 Å². The molecule has 6 nitrogen and oxygen atoms in total. The minimum absolute atomic E-state index is 0.0942. The lowest BCUT2D eigenvalue weighted by molar-refractivity contribution is -0.135. The van der Waals surface area contributed by atoms with Crippen molar-refractivity contribution in [2.24, 2.45) is 21.6 Å². The van der Waals surface area contributed by atoms with Crippen LogP contribution in [0.4, 0.5) is 0 Å². The van der Waals surface area contributed by atoms with Crippen molar-refractivity contribution in [1.29, 1.82) is 10.5 Å². The molecule has 2 unspecified atom stereocenters. The number of carbonyl (C=O) groups is 2. The Hall–Kier alpha value is -2.21. The summed E-state index contributed by atoms with van der Waals surface area (Å²) < 4.78 is 0. The lowest BCUT2D eigenvalue weighted by atomic mass is 9.57. The average molecular weight is 216 g/mol. The van der Waals surface area contributed by atoms with Gasteiger partial charge in [-0.25, -0.2) is 0 Å². The van der Waals surface area contributed by atoms with E-state index in [-0.39, 0.29) is 30.9 Å². The smallest absolute Gasteiger partial charge is 0.270 e. The predicted molar refractivity (Wildman–Crippen MR) is 51.6 cm³/mol. The fourth-order valence-corrected chi connectivity index (χ4v) is 2.37. The number of amides is 1. The highest BCUT2D eigenvalue weighted by atomic mass is 16.2. The highest BCUT2D eigenvalue weighted by Crippen LogP contribution is 2.53. The van der Waals surface area contributed by atoms with Gasteiger partial charge in [0.1, 0.15) is 17.0 Å². The Bertz CT molecular complexity index is 510. The molecule has 2 aliphatic rings. The number of Topliss-reactive ketones (excluding diaryl/α,β-unsaturated/α-hetero) is 1.